The summed E-state index contributed by atoms with van der Waals surface area (Å²) in [5.74, 6) is -0.576. The van der Waals surface area contributed by atoms with Gasteiger partial charge in [0.15, 0.2) is 0 Å². The van der Waals surface area contributed by atoms with Gasteiger partial charge in [-0.15, -0.1) is 0 Å². The van der Waals surface area contributed by atoms with Crippen molar-refractivity contribution in [2.24, 2.45) is 0 Å². The lowest BCUT2D eigenvalue weighted by atomic mass is 10.2. The molecule has 1 N–H and O–H groups in total. The molecule has 6 nitrogen and oxygen atoms in total. The lowest BCUT2D eigenvalue weighted by Crippen LogP contribution is -2.41. The highest BCUT2D eigenvalue weighted by Gasteiger charge is 2.20. The minimum Gasteiger partial charge on any atom is -0.378 e. The Bertz CT molecular complexity index is 743. The topological polar surface area (TPSA) is 71.5 Å². The van der Waals surface area contributed by atoms with E-state index in [1.165, 1.54) is 0 Å². The highest BCUT2D eigenvalue weighted by molar-refractivity contribution is 6.30. The summed E-state index contributed by atoms with van der Waals surface area (Å²) in [5.41, 5.74) is 1.04. The molecule has 0 unspecified atom stereocenters. The molecule has 1 aliphatic rings. The van der Waals surface area contributed by atoms with E-state index in [1.807, 2.05) is 0 Å². The minimum absolute atomic E-state index is 0.184. The van der Waals surface area contributed by atoms with Crippen molar-refractivity contribution in [2.75, 3.05) is 31.6 Å². The Kier molecular flexibility index (Phi) is 5.08. The van der Waals surface area contributed by atoms with Gasteiger partial charge in [-0.3, -0.25) is 9.59 Å². The smallest absolute Gasteiger partial charge is 0.274 e. The van der Waals surface area contributed by atoms with Crippen LogP contribution in [0.2, 0.25) is 5.02 Å². The van der Waals surface area contributed by atoms with Crippen LogP contribution in [-0.2, 0) is 4.74 Å². The number of benzene rings is 1. The first-order valence-corrected chi connectivity index (χ1v) is 7.92. The van der Waals surface area contributed by atoms with Crippen molar-refractivity contribution in [3.63, 3.8) is 0 Å². The highest BCUT2D eigenvalue weighted by Crippen LogP contribution is 2.14. The molecule has 2 heterocycles. The first-order chi connectivity index (χ1) is 11.6. The zero-order valence-corrected chi connectivity index (χ0v) is 13.6. The molecule has 0 radical (unpaired) electrons. The van der Waals surface area contributed by atoms with Gasteiger partial charge in [0.05, 0.1) is 13.2 Å². The largest absolute Gasteiger partial charge is 0.378 e. The van der Waals surface area contributed by atoms with Gasteiger partial charge < -0.3 is 15.0 Å². The number of hydrogen-bond donors (Lipinski definition) is 1. The van der Waals surface area contributed by atoms with E-state index in [-0.39, 0.29) is 23.2 Å². The van der Waals surface area contributed by atoms with Crippen LogP contribution in [0, 0.1) is 0 Å². The second kappa shape index (κ2) is 7.42. The van der Waals surface area contributed by atoms with Gasteiger partial charge in [0, 0.05) is 23.8 Å². The number of pyridine rings is 1. The van der Waals surface area contributed by atoms with Gasteiger partial charge in [-0.2, -0.15) is 0 Å². The summed E-state index contributed by atoms with van der Waals surface area (Å²) in [7, 11) is 0. The number of rotatable bonds is 3. The summed E-state index contributed by atoms with van der Waals surface area (Å²) in [5, 5.41) is 3.31. The second-order valence-corrected chi connectivity index (χ2v) is 5.71. The number of carbonyl (C=O) groups excluding carboxylic acids is 2. The number of amides is 2. The molecule has 3 rings (SSSR count). The molecule has 2 aromatic rings. The average Bonchev–Trinajstić information content (AvgIpc) is 2.64. The van der Waals surface area contributed by atoms with Crippen LogP contribution in [-0.4, -0.2) is 48.0 Å². The average molecular weight is 346 g/mol. The van der Waals surface area contributed by atoms with E-state index in [4.69, 9.17) is 16.3 Å². The Hall–Kier alpha value is -2.44. The van der Waals surface area contributed by atoms with E-state index in [2.05, 4.69) is 10.3 Å². The predicted molar refractivity (Wildman–Crippen MR) is 90.4 cm³/mol. The fourth-order valence-corrected chi connectivity index (χ4v) is 2.46. The van der Waals surface area contributed by atoms with Gasteiger partial charge in [-0.25, -0.2) is 4.98 Å². The van der Waals surface area contributed by atoms with Crippen molar-refractivity contribution < 1.29 is 14.3 Å². The molecule has 7 heteroatoms. The maximum Gasteiger partial charge on any atom is 0.274 e. The lowest BCUT2D eigenvalue weighted by molar-refractivity contribution is 0.0299. The SMILES string of the molecule is O=C(Nc1ccc(Cl)cc1)c1cccc(C(=O)N2CCOCC2)n1. The van der Waals surface area contributed by atoms with Gasteiger partial charge in [0.25, 0.3) is 11.8 Å². The Morgan fingerprint density at radius 3 is 2.42 bits per heavy atom. The lowest BCUT2D eigenvalue weighted by Gasteiger charge is -2.26. The second-order valence-electron chi connectivity index (χ2n) is 5.27. The molecule has 1 aromatic heterocycles. The van der Waals surface area contributed by atoms with Crippen molar-refractivity contribution in [3.05, 3.63) is 58.9 Å². The summed E-state index contributed by atoms with van der Waals surface area (Å²) in [6.45, 7) is 2.09. The number of carbonyl (C=O) groups is 2. The molecule has 1 fully saturated rings. The predicted octanol–water partition coefficient (Wildman–Crippen LogP) is 2.46. The zero-order valence-electron chi connectivity index (χ0n) is 12.9. The third-order valence-corrected chi connectivity index (χ3v) is 3.85. The Morgan fingerprint density at radius 1 is 1.04 bits per heavy atom. The van der Waals surface area contributed by atoms with Gasteiger partial charge in [0.1, 0.15) is 11.4 Å². The van der Waals surface area contributed by atoms with E-state index >= 15 is 0 Å². The number of morpholine rings is 1. The molecule has 0 atom stereocenters. The molecule has 124 valence electrons. The molecular weight excluding hydrogens is 330 g/mol. The third kappa shape index (κ3) is 3.90. The number of halogens is 1. The van der Waals surface area contributed by atoms with Crippen LogP contribution >= 0.6 is 11.6 Å². The van der Waals surface area contributed by atoms with Crippen LogP contribution < -0.4 is 5.32 Å². The third-order valence-electron chi connectivity index (χ3n) is 3.60. The molecule has 1 aliphatic heterocycles. The number of nitrogens with zero attached hydrogens (tertiary/aromatic N) is 2. The quantitative estimate of drug-likeness (QED) is 0.927. The minimum atomic E-state index is -0.381. The Balaban J connectivity index is 1.73. The maximum atomic E-state index is 12.4. The highest BCUT2D eigenvalue weighted by atomic mass is 35.5. The van der Waals surface area contributed by atoms with Gasteiger partial charge in [0.2, 0.25) is 0 Å². The summed E-state index contributed by atoms with van der Waals surface area (Å²) >= 11 is 5.82. The molecule has 0 spiro atoms. The molecule has 1 saturated heterocycles. The van der Waals surface area contributed by atoms with Crippen molar-refractivity contribution in [2.45, 2.75) is 0 Å². The first-order valence-electron chi connectivity index (χ1n) is 7.54. The summed E-state index contributed by atoms with van der Waals surface area (Å²) < 4.78 is 5.23. The van der Waals surface area contributed by atoms with Crippen LogP contribution in [0.15, 0.2) is 42.5 Å². The van der Waals surface area contributed by atoms with E-state index in [1.54, 1.807) is 47.4 Å². The number of hydrogen-bond acceptors (Lipinski definition) is 4. The molecule has 24 heavy (non-hydrogen) atoms. The maximum absolute atomic E-state index is 12.4. The molecule has 0 saturated carbocycles. The fraction of sp³-hybridized carbons (Fsp3) is 0.235. The normalized spacial score (nSPS) is 14.3. The van der Waals surface area contributed by atoms with Crippen LogP contribution in [0.1, 0.15) is 21.0 Å². The van der Waals surface area contributed by atoms with Crippen molar-refractivity contribution >= 4 is 29.1 Å². The summed E-state index contributed by atoms with van der Waals surface area (Å²) in [6, 6.07) is 11.6. The zero-order chi connectivity index (χ0) is 16.9. The van der Waals surface area contributed by atoms with Gasteiger partial charge in [-0.05, 0) is 36.4 Å². The monoisotopic (exact) mass is 345 g/mol. The van der Waals surface area contributed by atoms with Crippen LogP contribution in [0.3, 0.4) is 0 Å². The Labute approximate surface area is 144 Å². The van der Waals surface area contributed by atoms with E-state index in [0.717, 1.165) is 0 Å². The standard InChI is InChI=1S/C17H16ClN3O3/c18-12-4-6-13(7-5-12)19-16(22)14-2-1-3-15(20-14)17(23)21-8-10-24-11-9-21/h1-7H,8-11H2,(H,19,22). The van der Waals surface area contributed by atoms with E-state index < -0.39 is 0 Å². The Morgan fingerprint density at radius 2 is 1.71 bits per heavy atom. The molecule has 1 aromatic carbocycles. The van der Waals surface area contributed by atoms with Crippen molar-refractivity contribution in [3.8, 4) is 0 Å². The number of nitrogens with one attached hydrogen (secondary N) is 1. The van der Waals surface area contributed by atoms with Gasteiger partial charge >= 0.3 is 0 Å². The van der Waals surface area contributed by atoms with E-state index in [9.17, 15) is 9.59 Å². The first kappa shape index (κ1) is 16.4. The van der Waals surface area contributed by atoms with Gasteiger partial charge in [-0.1, -0.05) is 17.7 Å². The number of aromatic nitrogens is 1. The molecule has 0 aliphatic carbocycles. The number of ether oxygens (including phenoxy) is 1. The van der Waals surface area contributed by atoms with Crippen LogP contribution in [0.4, 0.5) is 5.69 Å². The number of anilines is 1. The van der Waals surface area contributed by atoms with Crippen molar-refractivity contribution in [1.29, 1.82) is 0 Å². The summed E-state index contributed by atoms with van der Waals surface area (Å²) in [6.07, 6.45) is 0. The van der Waals surface area contributed by atoms with Crippen LogP contribution in [0.25, 0.3) is 0 Å². The molecular formula is C17H16ClN3O3. The fourth-order valence-electron chi connectivity index (χ4n) is 2.34. The van der Waals surface area contributed by atoms with E-state index in [0.29, 0.717) is 37.0 Å². The summed E-state index contributed by atoms with van der Waals surface area (Å²) in [4.78, 5) is 30.6. The van der Waals surface area contributed by atoms with Crippen molar-refractivity contribution in [1.82, 2.24) is 9.88 Å². The molecule has 0 bridgehead atoms. The molecule has 2 amide bonds. The van der Waals surface area contributed by atoms with Crippen LogP contribution in [0.5, 0.6) is 0 Å².